The topological polar surface area (TPSA) is 78.9 Å². The lowest BCUT2D eigenvalue weighted by atomic mass is 9.94. The molecular formula is C32H35N5O3. The average molecular weight is 538 g/mol. The molecule has 0 atom stereocenters. The van der Waals surface area contributed by atoms with Crippen LogP contribution in [0.2, 0.25) is 0 Å². The normalized spacial score (nSPS) is 13.4. The van der Waals surface area contributed by atoms with Gasteiger partial charge in [-0.2, -0.15) is 0 Å². The van der Waals surface area contributed by atoms with E-state index in [-0.39, 0.29) is 11.8 Å². The van der Waals surface area contributed by atoms with Crippen LogP contribution in [0, 0.1) is 0 Å². The van der Waals surface area contributed by atoms with E-state index in [1.165, 1.54) is 0 Å². The molecule has 206 valence electrons. The second-order valence-corrected chi connectivity index (χ2v) is 9.70. The molecule has 2 amide bonds. The van der Waals surface area contributed by atoms with Crippen LogP contribution in [0.5, 0.6) is 5.75 Å². The molecule has 40 heavy (non-hydrogen) atoms. The van der Waals surface area contributed by atoms with Crippen molar-refractivity contribution < 1.29 is 14.3 Å². The lowest BCUT2D eigenvalue weighted by Crippen LogP contribution is -2.49. The fourth-order valence-corrected chi connectivity index (χ4v) is 5.25. The van der Waals surface area contributed by atoms with Crippen molar-refractivity contribution in [2.45, 2.75) is 20.8 Å². The number of hydrogen-bond donors (Lipinski definition) is 0. The summed E-state index contributed by atoms with van der Waals surface area (Å²) in [5.41, 5.74) is 3.18. The third-order valence-electron chi connectivity index (χ3n) is 7.42. The monoisotopic (exact) mass is 537 g/mol. The van der Waals surface area contributed by atoms with Gasteiger partial charge >= 0.3 is 0 Å². The highest BCUT2D eigenvalue weighted by molar-refractivity contribution is 6.11. The minimum atomic E-state index is -0.111. The first-order valence-electron chi connectivity index (χ1n) is 14.0. The van der Waals surface area contributed by atoms with Crippen molar-refractivity contribution in [2.75, 3.05) is 50.8 Å². The van der Waals surface area contributed by atoms with Crippen molar-refractivity contribution >= 4 is 28.4 Å². The van der Waals surface area contributed by atoms with Crippen LogP contribution < -0.4 is 9.64 Å². The van der Waals surface area contributed by atoms with Gasteiger partial charge in [0.1, 0.15) is 5.75 Å². The Kier molecular flexibility index (Phi) is 8.24. The summed E-state index contributed by atoms with van der Waals surface area (Å²) < 4.78 is 5.71. The molecule has 1 fully saturated rings. The van der Waals surface area contributed by atoms with Gasteiger partial charge in [0.15, 0.2) is 11.5 Å². The molecule has 1 aliphatic rings. The number of hydrogen-bond acceptors (Lipinski definition) is 6. The van der Waals surface area contributed by atoms with Crippen LogP contribution in [-0.2, 0) is 0 Å². The zero-order valence-electron chi connectivity index (χ0n) is 23.3. The van der Waals surface area contributed by atoms with Crippen LogP contribution in [-0.4, -0.2) is 77.7 Å². The Labute approximate surface area is 235 Å². The molecule has 0 saturated carbocycles. The van der Waals surface area contributed by atoms with Gasteiger partial charge in [-0.05, 0) is 73.0 Å². The molecule has 2 heterocycles. The zero-order chi connectivity index (χ0) is 28.1. The molecule has 4 aromatic rings. The molecule has 0 N–H and O–H groups in total. The van der Waals surface area contributed by atoms with E-state index in [1.54, 1.807) is 11.0 Å². The van der Waals surface area contributed by atoms with E-state index in [4.69, 9.17) is 4.74 Å². The summed E-state index contributed by atoms with van der Waals surface area (Å²) in [5, 5.41) is 10.5. The number of piperazine rings is 1. The predicted octanol–water partition coefficient (Wildman–Crippen LogP) is 5.14. The first-order valence-corrected chi connectivity index (χ1v) is 14.0. The summed E-state index contributed by atoms with van der Waals surface area (Å²) in [4.78, 5) is 32.0. The quantitative estimate of drug-likeness (QED) is 0.310. The highest BCUT2D eigenvalue weighted by Crippen LogP contribution is 2.33. The number of amides is 2. The molecule has 0 radical (unpaired) electrons. The van der Waals surface area contributed by atoms with E-state index in [9.17, 15) is 9.59 Å². The number of rotatable bonds is 8. The van der Waals surface area contributed by atoms with E-state index in [0.29, 0.717) is 63.0 Å². The Hall–Kier alpha value is -4.46. The van der Waals surface area contributed by atoms with Gasteiger partial charge in [-0.25, -0.2) is 0 Å². The van der Waals surface area contributed by atoms with Gasteiger partial charge in [0.2, 0.25) is 0 Å². The van der Waals surface area contributed by atoms with Crippen molar-refractivity contribution in [1.82, 2.24) is 20.0 Å². The van der Waals surface area contributed by atoms with Crippen molar-refractivity contribution in [3.63, 3.8) is 0 Å². The number of fused-ring (bicyclic) bond motifs is 1. The maximum Gasteiger partial charge on any atom is 0.274 e. The van der Waals surface area contributed by atoms with E-state index < -0.39 is 0 Å². The van der Waals surface area contributed by atoms with E-state index >= 15 is 0 Å². The maximum absolute atomic E-state index is 13.7. The molecular weight excluding hydrogens is 502 g/mol. The molecule has 3 aromatic carbocycles. The van der Waals surface area contributed by atoms with Crippen molar-refractivity contribution in [3.8, 4) is 16.9 Å². The molecule has 8 heteroatoms. The molecule has 8 nitrogen and oxygen atoms in total. The number of carbonyl (C=O) groups is 2. The number of nitrogens with zero attached hydrogens (tertiary/aromatic N) is 5. The van der Waals surface area contributed by atoms with Gasteiger partial charge < -0.3 is 19.4 Å². The van der Waals surface area contributed by atoms with Gasteiger partial charge in [0.05, 0.1) is 6.61 Å². The lowest BCUT2D eigenvalue weighted by molar-refractivity contribution is 0.0744. The van der Waals surface area contributed by atoms with Crippen molar-refractivity contribution in [3.05, 3.63) is 84.1 Å². The number of ether oxygens (including phenoxy) is 1. The molecule has 0 bridgehead atoms. The Morgan fingerprint density at radius 3 is 2.25 bits per heavy atom. The second-order valence-electron chi connectivity index (χ2n) is 9.70. The number of carbonyl (C=O) groups excluding carboxylic acids is 2. The van der Waals surface area contributed by atoms with Crippen LogP contribution >= 0.6 is 0 Å². The van der Waals surface area contributed by atoms with E-state index in [0.717, 1.165) is 27.6 Å². The summed E-state index contributed by atoms with van der Waals surface area (Å²) in [6.07, 6.45) is 0. The van der Waals surface area contributed by atoms with Crippen LogP contribution in [0.15, 0.2) is 72.8 Å². The largest absolute Gasteiger partial charge is 0.494 e. The van der Waals surface area contributed by atoms with E-state index in [2.05, 4.69) is 27.2 Å². The van der Waals surface area contributed by atoms with Gasteiger partial charge in [-0.15, -0.1) is 10.2 Å². The van der Waals surface area contributed by atoms with Crippen LogP contribution in [0.4, 0.5) is 5.82 Å². The Bertz CT molecular complexity index is 1490. The lowest BCUT2D eigenvalue weighted by Gasteiger charge is -2.35. The number of benzene rings is 3. The van der Waals surface area contributed by atoms with Gasteiger partial charge in [-0.1, -0.05) is 42.5 Å². The molecule has 0 aliphatic carbocycles. The molecule has 0 spiro atoms. The van der Waals surface area contributed by atoms with E-state index in [1.807, 2.05) is 80.3 Å². The molecule has 5 rings (SSSR count). The molecule has 1 saturated heterocycles. The Balaban J connectivity index is 1.31. The Morgan fingerprint density at radius 1 is 0.825 bits per heavy atom. The SMILES string of the molecule is CCOc1cccc(-c2ccc(C(=O)N3CCN(c4ccc(C(=O)N(CC)CC)nn4)CC3)c3ccccc23)c1. The smallest absolute Gasteiger partial charge is 0.274 e. The average Bonchev–Trinajstić information content (AvgIpc) is 3.01. The minimum Gasteiger partial charge on any atom is -0.494 e. The highest BCUT2D eigenvalue weighted by Gasteiger charge is 2.25. The molecule has 1 aliphatic heterocycles. The second kappa shape index (κ2) is 12.2. The standard InChI is InChI=1S/C32H35N5O3/c1-4-35(5-2)32(39)29-16-17-30(34-33-29)36-18-20-37(21-19-36)31(38)28-15-14-25(26-12-7-8-13-27(26)28)23-10-9-11-24(22-23)40-6-3/h7-17,22H,4-6,18-21H2,1-3H3. The van der Waals surface area contributed by atoms with Crippen molar-refractivity contribution in [2.24, 2.45) is 0 Å². The van der Waals surface area contributed by atoms with Crippen molar-refractivity contribution in [1.29, 1.82) is 0 Å². The van der Waals surface area contributed by atoms with Gasteiger partial charge in [0, 0.05) is 44.8 Å². The maximum atomic E-state index is 13.7. The van der Waals surface area contributed by atoms with Crippen LogP contribution in [0.3, 0.4) is 0 Å². The fourth-order valence-electron chi connectivity index (χ4n) is 5.25. The fraction of sp³-hybridized carbons (Fsp3) is 0.312. The predicted molar refractivity (Wildman–Crippen MR) is 158 cm³/mol. The van der Waals surface area contributed by atoms with Gasteiger partial charge in [0.25, 0.3) is 11.8 Å². The van der Waals surface area contributed by atoms with Gasteiger partial charge in [-0.3, -0.25) is 9.59 Å². The number of anilines is 1. The van der Waals surface area contributed by atoms with Crippen LogP contribution in [0.25, 0.3) is 21.9 Å². The molecule has 0 unspecified atom stereocenters. The first kappa shape index (κ1) is 27.1. The third-order valence-corrected chi connectivity index (χ3v) is 7.42. The summed E-state index contributed by atoms with van der Waals surface area (Å²) in [6, 6.07) is 23.7. The summed E-state index contributed by atoms with van der Waals surface area (Å²) in [5.74, 6) is 1.46. The molecule has 1 aromatic heterocycles. The third kappa shape index (κ3) is 5.47. The minimum absolute atomic E-state index is 0.0247. The summed E-state index contributed by atoms with van der Waals surface area (Å²) >= 11 is 0. The Morgan fingerprint density at radius 2 is 1.57 bits per heavy atom. The van der Waals surface area contributed by atoms with Crippen LogP contribution in [0.1, 0.15) is 41.6 Å². The highest BCUT2D eigenvalue weighted by atomic mass is 16.5. The number of aromatic nitrogens is 2. The summed E-state index contributed by atoms with van der Waals surface area (Å²) in [7, 11) is 0. The summed E-state index contributed by atoms with van der Waals surface area (Å²) in [6.45, 7) is 10.2. The first-order chi connectivity index (χ1) is 19.5. The zero-order valence-corrected chi connectivity index (χ0v) is 23.3.